The Bertz CT molecular complexity index is 476. The first-order valence-electron chi connectivity index (χ1n) is 3.56. The summed E-state index contributed by atoms with van der Waals surface area (Å²) in [5.41, 5.74) is 4.46. The minimum atomic E-state index is -4.44. The lowest BCUT2D eigenvalue weighted by Crippen LogP contribution is -2.04. The number of nitrogens with zero attached hydrogens (tertiary/aromatic N) is 2. The SMILES string of the molecule is Nc1noc2cc(C(F)(F)F)cnc12. The number of alkyl halides is 3. The third-order valence-corrected chi connectivity index (χ3v) is 1.67. The maximum atomic E-state index is 12.2. The average Bonchev–Trinajstić information content (AvgIpc) is 2.46. The van der Waals surface area contributed by atoms with E-state index in [0.29, 0.717) is 6.20 Å². The van der Waals surface area contributed by atoms with Gasteiger partial charge < -0.3 is 10.3 Å². The number of halogens is 3. The Balaban J connectivity index is 2.63. The fraction of sp³-hybridized carbons (Fsp3) is 0.143. The van der Waals surface area contributed by atoms with E-state index in [1.54, 1.807) is 0 Å². The third-order valence-electron chi connectivity index (χ3n) is 1.67. The zero-order valence-electron chi connectivity index (χ0n) is 6.67. The van der Waals surface area contributed by atoms with Crippen LogP contribution in [0.3, 0.4) is 0 Å². The van der Waals surface area contributed by atoms with Gasteiger partial charge in [0.15, 0.2) is 16.9 Å². The second kappa shape index (κ2) is 2.60. The van der Waals surface area contributed by atoms with Gasteiger partial charge in [-0.1, -0.05) is 5.16 Å². The van der Waals surface area contributed by atoms with Crippen molar-refractivity contribution in [1.82, 2.24) is 10.1 Å². The molecule has 2 aromatic heterocycles. The molecule has 0 saturated carbocycles. The van der Waals surface area contributed by atoms with Crippen LogP contribution in [-0.2, 0) is 6.18 Å². The largest absolute Gasteiger partial charge is 0.418 e. The van der Waals surface area contributed by atoms with Crippen LogP contribution in [0.15, 0.2) is 16.8 Å². The molecule has 0 saturated heterocycles. The van der Waals surface area contributed by atoms with E-state index in [9.17, 15) is 13.2 Å². The van der Waals surface area contributed by atoms with Crippen molar-refractivity contribution >= 4 is 16.9 Å². The van der Waals surface area contributed by atoms with Crippen LogP contribution in [0, 0.1) is 0 Å². The maximum absolute atomic E-state index is 12.2. The molecule has 4 nitrogen and oxygen atoms in total. The van der Waals surface area contributed by atoms with Gasteiger partial charge in [-0.15, -0.1) is 0 Å². The van der Waals surface area contributed by atoms with Crippen molar-refractivity contribution in [3.05, 3.63) is 17.8 Å². The molecule has 0 aromatic carbocycles. The molecule has 2 heterocycles. The first-order chi connectivity index (χ1) is 6.48. The normalized spacial score (nSPS) is 12.2. The van der Waals surface area contributed by atoms with E-state index in [2.05, 4.69) is 14.7 Å². The topological polar surface area (TPSA) is 64.9 Å². The fourth-order valence-electron chi connectivity index (χ4n) is 1.00. The van der Waals surface area contributed by atoms with Crippen molar-refractivity contribution in [2.24, 2.45) is 0 Å². The lowest BCUT2D eigenvalue weighted by molar-refractivity contribution is -0.137. The zero-order chi connectivity index (χ0) is 10.3. The molecule has 2 aromatic rings. The number of anilines is 1. The number of hydrogen-bond donors (Lipinski definition) is 1. The summed E-state index contributed by atoms with van der Waals surface area (Å²) in [6.45, 7) is 0. The van der Waals surface area contributed by atoms with Crippen LogP contribution in [0.4, 0.5) is 19.0 Å². The van der Waals surface area contributed by atoms with Gasteiger partial charge in [0.1, 0.15) is 0 Å². The van der Waals surface area contributed by atoms with Gasteiger partial charge in [-0.25, -0.2) is 4.98 Å². The highest BCUT2D eigenvalue weighted by Gasteiger charge is 2.31. The number of hydrogen-bond acceptors (Lipinski definition) is 4. The molecule has 0 aliphatic rings. The Labute approximate surface area is 75.5 Å². The molecule has 0 bridgehead atoms. The van der Waals surface area contributed by atoms with Gasteiger partial charge >= 0.3 is 6.18 Å². The molecule has 0 radical (unpaired) electrons. The molecular weight excluding hydrogens is 199 g/mol. The second-order valence-corrected chi connectivity index (χ2v) is 2.64. The summed E-state index contributed by atoms with van der Waals surface area (Å²) >= 11 is 0. The van der Waals surface area contributed by atoms with Gasteiger partial charge in [-0.3, -0.25) is 0 Å². The van der Waals surface area contributed by atoms with E-state index < -0.39 is 11.7 Å². The number of aromatic nitrogens is 2. The van der Waals surface area contributed by atoms with Crippen molar-refractivity contribution in [2.75, 3.05) is 5.73 Å². The molecule has 0 fully saturated rings. The van der Waals surface area contributed by atoms with Gasteiger partial charge in [-0.05, 0) is 6.07 Å². The first kappa shape index (κ1) is 8.79. The van der Waals surface area contributed by atoms with Gasteiger partial charge in [0.25, 0.3) is 0 Å². The highest BCUT2D eigenvalue weighted by molar-refractivity contribution is 5.82. The molecule has 0 aliphatic heterocycles. The number of fused-ring (bicyclic) bond motifs is 1. The van der Waals surface area contributed by atoms with Crippen LogP contribution < -0.4 is 5.73 Å². The summed E-state index contributed by atoms with van der Waals surface area (Å²) in [6.07, 6.45) is -3.75. The van der Waals surface area contributed by atoms with E-state index >= 15 is 0 Å². The number of nitrogens with two attached hydrogens (primary N) is 1. The van der Waals surface area contributed by atoms with Gasteiger partial charge in [0.2, 0.25) is 0 Å². The van der Waals surface area contributed by atoms with E-state index in [-0.39, 0.29) is 16.9 Å². The van der Waals surface area contributed by atoms with Gasteiger partial charge in [-0.2, -0.15) is 13.2 Å². The number of nitrogen functional groups attached to an aromatic ring is 1. The molecule has 0 amide bonds. The van der Waals surface area contributed by atoms with Crippen molar-refractivity contribution in [2.45, 2.75) is 6.18 Å². The fourth-order valence-corrected chi connectivity index (χ4v) is 1.00. The standard InChI is InChI=1S/C7H4F3N3O/c8-7(9,10)3-1-4-5(12-2-3)6(11)13-14-4/h1-2H,(H2,11,13). The molecule has 0 unspecified atom stereocenters. The van der Waals surface area contributed by atoms with E-state index in [0.717, 1.165) is 6.07 Å². The van der Waals surface area contributed by atoms with Crippen LogP contribution in [0.1, 0.15) is 5.56 Å². The highest BCUT2D eigenvalue weighted by atomic mass is 19.4. The molecule has 14 heavy (non-hydrogen) atoms. The summed E-state index contributed by atoms with van der Waals surface area (Å²) in [4.78, 5) is 3.51. The van der Waals surface area contributed by atoms with Crippen LogP contribution in [0.2, 0.25) is 0 Å². The van der Waals surface area contributed by atoms with Crippen LogP contribution >= 0.6 is 0 Å². The minimum absolute atomic E-state index is 0.0197. The van der Waals surface area contributed by atoms with E-state index in [1.165, 1.54) is 0 Å². The first-order valence-corrected chi connectivity index (χ1v) is 3.56. The van der Waals surface area contributed by atoms with E-state index in [1.807, 2.05) is 0 Å². The van der Waals surface area contributed by atoms with Crippen molar-refractivity contribution in [3.63, 3.8) is 0 Å². The summed E-state index contributed by atoms with van der Waals surface area (Å²) < 4.78 is 41.1. The second-order valence-electron chi connectivity index (χ2n) is 2.64. The molecule has 7 heteroatoms. The third kappa shape index (κ3) is 1.26. The Hall–Kier alpha value is -1.79. The number of pyridine rings is 1. The smallest absolute Gasteiger partial charge is 0.379 e. The van der Waals surface area contributed by atoms with Crippen molar-refractivity contribution < 1.29 is 17.7 Å². The zero-order valence-corrected chi connectivity index (χ0v) is 6.67. The summed E-state index contributed by atoms with van der Waals surface area (Å²) in [7, 11) is 0. The monoisotopic (exact) mass is 203 g/mol. The minimum Gasteiger partial charge on any atom is -0.379 e. The molecule has 2 rings (SSSR count). The predicted octanol–water partition coefficient (Wildman–Crippen LogP) is 1.82. The van der Waals surface area contributed by atoms with E-state index in [4.69, 9.17) is 5.73 Å². The molecule has 2 N–H and O–H groups in total. The Morgan fingerprint density at radius 2 is 2.07 bits per heavy atom. The molecule has 0 aliphatic carbocycles. The lowest BCUT2D eigenvalue weighted by Gasteiger charge is -2.03. The van der Waals surface area contributed by atoms with Crippen LogP contribution in [0.5, 0.6) is 0 Å². The molecular formula is C7H4F3N3O. The molecule has 74 valence electrons. The van der Waals surface area contributed by atoms with Crippen molar-refractivity contribution in [3.8, 4) is 0 Å². The quantitative estimate of drug-likeness (QED) is 0.709. The summed E-state index contributed by atoms with van der Waals surface area (Å²) in [6, 6.07) is 0.811. The Kier molecular flexibility index (Phi) is 1.63. The maximum Gasteiger partial charge on any atom is 0.418 e. The molecule has 0 spiro atoms. The Morgan fingerprint density at radius 3 is 2.71 bits per heavy atom. The van der Waals surface area contributed by atoms with Gasteiger partial charge in [0.05, 0.1) is 5.56 Å². The highest BCUT2D eigenvalue weighted by Crippen LogP contribution is 2.31. The summed E-state index contributed by atoms with van der Waals surface area (Å²) in [5.74, 6) is -0.0197. The number of rotatable bonds is 0. The van der Waals surface area contributed by atoms with Gasteiger partial charge in [0, 0.05) is 6.20 Å². The average molecular weight is 203 g/mol. The Morgan fingerprint density at radius 1 is 1.36 bits per heavy atom. The summed E-state index contributed by atoms with van der Waals surface area (Å²) in [5, 5.41) is 3.29. The predicted molar refractivity (Wildman–Crippen MR) is 41.2 cm³/mol. The van der Waals surface area contributed by atoms with Crippen LogP contribution in [0.25, 0.3) is 11.1 Å². The lowest BCUT2D eigenvalue weighted by atomic mass is 10.2. The van der Waals surface area contributed by atoms with Crippen molar-refractivity contribution in [1.29, 1.82) is 0 Å². The van der Waals surface area contributed by atoms with Crippen LogP contribution in [-0.4, -0.2) is 10.1 Å². The molecule has 0 atom stereocenters.